The number of carbonyl (C=O) groups is 3. The zero-order valence-corrected chi connectivity index (χ0v) is 21.2. The number of cyclic esters (lactones) is 1. The van der Waals surface area contributed by atoms with Gasteiger partial charge in [-0.05, 0) is 25.3 Å². The van der Waals surface area contributed by atoms with E-state index in [9.17, 15) is 29.7 Å². The van der Waals surface area contributed by atoms with Crippen molar-refractivity contribution in [3.8, 4) is 0 Å². The maximum atomic E-state index is 14.0. The van der Waals surface area contributed by atoms with E-state index in [1.807, 2.05) is 6.92 Å². The number of aliphatic hydroxyl groups excluding tert-OH is 2. The number of furan rings is 1. The summed E-state index contributed by atoms with van der Waals surface area (Å²) in [6, 6.07) is 1.74. The number of hydrogen-bond acceptors (Lipinski definition) is 10. The van der Waals surface area contributed by atoms with Crippen LogP contribution in [0.3, 0.4) is 0 Å². The molecule has 10 nitrogen and oxygen atoms in total. The zero-order valence-electron chi connectivity index (χ0n) is 21.2. The van der Waals surface area contributed by atoms with Crippen molar-refractivity contribution in [1.29, 1.82) is 0 Å². The molecule has 2 spiro atoms. The molecule has 0 unspecified atom stereocenters. The number of esters is 2. The monoisotopic (exact) mass is 516 g/mol. The third kappa shape index (κ3) is 2.11. The van der Waals surface area contributed by atoms with Gasteiger partial charge in [-0.2, -0.15) is 0 Å². The van der Waals surface area contributed by atoms with Gasteiger partial charge < -0.3 is 33.9 Å². The first-order valence-electron chi connectivity index (χ1n) is 12.9. The Balaban J connectivity index is 1.45. The summed E-state index contributed by atoms with van der Waals surface area (Å²) in [7, 11) is 1.17. The van der Waals surface area contributed by atoms with E-state index in [2.05, 4.69) is 0 Å². The first kappa shape index (κ1) is 23.8. The smallest absolute Gasteiger partial charge is 0.335 e. The number of aliphatic hydroxyl groups is 3. The highest BCUT2D eigenvalue weighted by Crippen LogP contribution is 2.88. The van der Waals surface area contributed by atoms with E-state index in [0.717, 1.165) is 0 Å². The number of rotatable bonds is 3. The molecule has 12 atom stereocenters. The van der Waals surface area contributed by atoms with E-state index < -0.39 is 86.8 Å². The molecule has 200 valence electrons. The van der Waals surface area contributed by atoms with Crippen molar-refractivity contribution in [1.82, 2.24) is 0 Å². The maximum Gasteiger partial charge on any atom is 0.335 e. The molecule has 10 heteroatoms. The molecule has 1 aromatic heterocycles. The van der Waals surface area contributed by atoms with Gasteiger partial charge in [0.2, 0.25) is 0 Å². The van der Waals surface area contributed by atoms with Crippen LogP contribution in [0.5, 0.6) is 0 Å². The van der Waals surface area contributed by atoms with Crippen LogP contribution in [0.1, 0.15) is 58.1 Å². The molecule has 4 saturated carbocycles. The molecule has 6 aliphatic rings. The molecule has 2 saturated heterocycles. The van der Waals surface area contributed by atoms with E-state index >= 15 is 0 Å². The lowest BCUT2D eigenvalue weighted by molar-refractivity contribution is -0.185. The Morgan fingerprint density at radius 2 is 1.97 bits per heavy atom. The highest BCUT2D eigenvalue weighted by Gasteiger charge is 2.99. The highest BCUT2D eigenvalue weighted by atomic mass is 16.7. The van der Waals surface area contributed by atoms with Crippen LogP contribution in [-0.2, 0) is 28.6 Å². The summed E-state index contributed by atoms with van der Waals surface area (Å²) in [4.78, 5) is 39.8. The number of carbonyl (C=O) groups excluding carboxylic acids is 3. The number of epoxide rings is 1. The van der Waals surface area contributed by atoms with E-state index in [1.165, 1.54) is 19.6 Å². The summed E-state index contributed by atoms with van der Waals surface area (Å²) in [5, 5.41) is 35.2. The number of ether oxygens (including phenoxy) is 3. The molecule has 3 heterocycles. The van der Waals surface area contributed by atoms with Gasteiger partial charge >= 0.3 is 11.9 Å². The van der Waals surface area contributed by atoms with Crippen LogP contribution in [0, 0.1) is 34.0 Å². The first-order valence-corrected chi connectivity index (χ1v) is 12.9. The lowest BCUT2D eigenvalue weighted by Crippen LogP contribution is -2.64. The van der Waals surface area contributed by atoms with Crippen LogP contribution >= 0.6 is 0 Å². The van der Waals surface area contributed by atoms with Crippen molar-refractivity contribution in [2.45, 2.75) is 81.6 Å². The van der Waals surface area contributed by atoms with E-state index in [-0.39, 0.29) is 12.8 Å². The van der Waals surface area contributed by atoms with Gasteiger partial charge in [0.25, 0.3) is 0 Å². The van der Waals surface area contributed by atoms with Gasteiger partial charge in [-0.1, -0.05) is 20.8 Å². The van der Waals surface area contributed by atoms with Crippen molar-refractivity contribution in [3.63, 3.8) is 0 Å². The Bertz CT molecular complexity index is 1240. The van der Waals surface area contributed by atoms with E-state index in [0.29, 0.717) is 18.4 Å². The topological polar surface area (TPSA) is 156 Å². The quantitative estimate of drug-likeness (QED) is 0.392. The van der Waals surface area contributed by atoms with Crippen LogP contribution in [0.15, 0.2) is 23.0 Å². The SMILES string of the molecule is COC(=O)[C@@H](O)[C@H]1[C@@]2(C)C[C@@]3(O)[C@@H](C(=O)[C@H]2O)[C@]24O[C@]25CC(=O)O[C@@H](c2ccoc2)[C@]5(C)CC[C@@H]4[C@]13C. The summed E-state index contributed by atoms with van der Waals surface area (Å²) in [6.45, 7) is 5.44. The average Bonchev–Trinajstić information content (AvgIpc) is 3.11. The Labute approximate surface area is 213 Å². The molecule has 37 heavy (non-hydrogen) atoms. The summed E-state index contributed by atoms with van der Waals surface area (Å²) >= 11 is 0. The molecule has 3 N–H and O–H groups in total. The van der Waals surface area contributed by atoms with Crippen LogP contribution in [0.2, 0.25) is 0 Å². The third-order valence-electron chi connectivity index (χ3n) is 11.9. The summed E-state index contributed by atoms with van der Waals surface area (Å²) < 4.78 is 22.7. The van der Waals surface area contributed by atoms with Crippen molar-refractivity contribution in [2.75, 3.05) is 7.11 Å². The van der Waals surface area contributed by atoms with Crippen LogP contribution in [0.4, 0.5) is 0 Å². The summed E-state index contributed by atoms with van der Waals surface area (Å²) in [5.74, 6) is -4.48. The molecule has 0 radical (unpaired) electrons. The molecule has 1 aromatic rings. The van der Waals surface area contributed by atoms with Crippen molar-refractivity contribution >= 4 is 17.7 Å². The molecular weight excluding hydrogens is 484 g/mol. The Hall–Kier alpha value is -2.27. The molecule has 0 aromatic carbocycles. The van der Waals surface area contributed by atoms with Crippen LogP contribution in [0.25, 0.3) is 0 Å². The van der Waals surface area contributed by atoms with Gasteiger partial charge in [0, 0.05) is 33.6 Å². The van der Waals surface area contributed by atoms with Gasteiger partial charge in [0.05, 0.1) is 37.6 Å². The van der Waals surface area contributed by atoms with Gasteiger partial charge in [-0.3, -0.25) is 9.59 Å². The summed E-state index contributed by atoms with van der Waals surface area (Å²) in [6.07, 6.45) is 0.133. The average molecular weight is 517 g/mol. The molecular formula is C27H32O10. The van der Waals surface area contributed by atoms with Crippen LogP contribution in [-0.4, -0.2) is 69.2 Å². The zero-order chi connectivity index (χ0) is 26.6. The molecule has 2 aliphatic heterocycles. The van der Waals surface area contributed by atoms with E-state index in [1.54, 1.807) is 19.9 Å². The fraction of sp³-hybridized carbons (Fsp3) is 0.741. The number of Topliss-reactive ketones (excluding diaryl/α,β-unsaturated/α-hetero) is 1. The van der Waals surface area contributed by atoms with Crippen molar-refractivity contribution in [3.05, 3.63) is 24.2 Å². The minimum absolute atomic E-state index is 0.0107. The number of fused-ring (bicyclic) bond motifs is 2. The van der Waals surface area contributed by atoms with Gasteiger partial charge in [-0.15, -0.1) is 0 Å². The molecule has 7 rings (SSSR count). The normalized spacial score (nSPS) is 55.6. The van der Waals surface area contributed by atoms with Crippen LogP contribution < -0.4 is 0 Å². The molecule has 4 aliphatic carbocycles. The van der Waals surface area contributed by atoms with Gasteiger partial charge in [0.15, 0.2) is 11.9 Å². The minimum atomic E-state index is -1.66. The minimum Gasteiger partial charge on any atom is -0.472 e. The Morgan fingerprint density at radius 3 is 2.62 bits per heavy atom. The van der Waals surface area contributed by atoms with Crippen molar-refractivity contribution < 1.29 is 48.3 Å². The Kier molecular flexibility index (Phi) is 4.17. The number of methoxy groups -OCH3 is 1. The van der Waals surface area contributed by atoms with Crippen molar-refractivity contribution in [2.24, 2.45) is 34.0 Å². The second-order valence-electron chi connectivity index (χ2n) is 12.9. The summed E-state index contributed by atoms with van der Waals surface area (Å²) in [5.41, 5.74) is -6.52. The maximum absolute atomic E-state index is 14.0. The highest BCUT2D eigenvalue weighted by molar-refractivity contribution is 5.93. The van der Waals surface area contributed by atoms with E-state index in [4.69, 9.17) is 18.6 Å². The van der Waals surface area contributed by atoms with Gasteiger partial charge in [0.1, 0.15) is 23.4 Å². The first-order chi connectivity index (χ1) is 17.3. The predicted molar refractivity (Wildman–Crippen MR) is 121 cm³/mol. The second kappa shape index (κ2) is 6.47. The number of hydrogen-bond donors (Lipinski definition) is 3. The Morgan fingerprint density at radius 1 is 1.24 bits per heavy atom. The number of ketones is 1. The second-order valence-corrected chi connectivity index (χ2v) is 12.9. The fourth-order valence-electron chi connectivity index (χ4n) is 10.6. The lowest BCUT2D eigenvalue weighted by atomic mass is 9.48. The third-order valence-corrected chi connectivity index (χ3v) is 11.9. The molecule has 2 bridgehead atoms. The molecule has 0 amide bonds. The standard InChI is InChI=1S/C27H32O10/c1-22-11-25(33)18(15(29)19(22)31)27-13(24(25,3)17(22)16(30)21(32)34-4)5-7-23(2)20(12-6-8-35-10-12)36-14(28)9-26(23,27)37-27/h6,8,10,13,16-20,30-31,33H,5,7,9,11H2,1-4H3/t13-,16+,17+,18-,19-,20+,22-,23+,24-,25-,26+,27+/m1/s1. The predicted octanol–water partition coefficient (Wildman–Crippen LogP) is 1.06. The van der Waals surface area contributed by atoms with Gasteiger partial charge in [-0.25, -0.2) is 4.79 Å². The molecule has 6 fully saturated rings. The largest absolute Gasteiger partial charge is 0.472 e. The lowest BCUT2D eigenvalue weighted by Gasteiger charge is -2.54. The fourth-order valence-corrected chi connectivity index (χ4v) is 10.6.